The lowest BCUT2D eigenvalue weighted by atomic mass is 10.1. The molecular weight excluding hydrogens is 176 g/mol. The average Bonchev–Trinajstić information content (AvgIpc) is 2.51. The second-order valence-electron chi connectivity index (χ2n) is 3.22. The van der Waals surface area contributed by atoms with E-state index in [9.17, 15) is 5.11 Å². The Balaban J connectivity index is 2.27. The molecule has 1 aromatic heterocycles. The first-order chi connectivity index (χ1) is 6.77. The fourth-order valence-electron chi connectivity index (χ4n) is 1.44. The van der Waals surface area contributed by atoms with Gasteiger partial charge in [0.05, 0.1) is 5.69 Å². The Morgan fingerprint density at radius 2 is 1.86 bits per heavy atom. The van der Waals surface area contributed by atoms with Gasteiger partial charge in [0.1, 0.15) is 5.75 Å². The molecule has 72 valence electrons. The third-order valence-corrected chi connectivity index (χ3v) is 2.21. The summed E-state index contributed by atoms with van der Waals surface area (Å²) in [7, 11) is 0. The van der Waals surface area contributed by atoms with Gasteiger partial charge in [-0.3, -0.25) is 4.68 Å². The highest BCUT2D eigenvalue weighted by Gasteiger charge is 2.06. The molecule has 0 aliphatic carbocycles. The van der Waals surface area contributed by atoms with Gasteiger partial charge in [0.15, 0.2) is 0 Å². The number of aromatic nitrogens is 1. The molecule has 0 atom stereocenters. The molecule has 14 heavy (non-hydrogen) atoms. The van der Waals surface area contributed by atoms with Crippen molar-refractivity contribution in [3.05, 3.63) is 53.9 Å². The van der Waals surface area contributed by atoms with Gasteiger partial charge < -0.3 is 10.9 Å². The van der Waals surface area contributed by atoms with E-state index < -0.39 is 0 Å². The molecule has 3 nitrogen and oxygen atoms in total. The Bertz CT molecular complexity index is 401. The summed E-state index contributed by atoms with van der Waals surface area (Å²) in [4.78, 5) is 0. The lowest BCUT2D eigenvalue weighted by molar-refractivity contribution is 0.468. The van der Waals surface area contributed by atoms with E-state index in [-0.39, 0.29) is 5.75 Å². The second-order valence-corrected chi connectivity index (χ2v) is 3.22. The third-order valence-electron chi connectivity index (χ3n) is 2.21. The third kappa shape index (κ3) is 1.57. The van der Waals surface area contributed by atoms with Crippen molar-refractivity contribution in [3.8, 4) is 5.75 Å². The maximum absolute atomic E-state index is 9.49. The number of nitrogen functional groups attached to an aromatic ring is 1. The van der Waals surface area contributed by atoms with Crippen LogP contribution in [0, 0.1) is 0 Å². The van der Waals surface area contributed by atoms with E-state index in [0.29, 0.717) is 6.42 Å². The zero-order chi connectivity index (χ0) is 9.97. The predicted molar refractivity (Wildman–Crippen MR) is 55.5 cm³/mol. The van der Waals surface area contributed by atoms with Gasteiger partial charge in [-0.05, 0) is 5.56 Å². The Morgan fingerprint density at radius 1 is 1.14 bits per heavy atom. The monoisotopic (exact) mass is 188 g/mol. The number of hydrogen-bond donors (Lipinski definition) is 2. The quantitative estimate of drug-likeness (QED) is 0.702. The number of benzene rings is 1. The molecule has 3 N–H and O–H groups in total. The van der Waals surface area contributed by atoms with Crippen LogP contribution in [-0.4, -0.2) is 9.78 Å². The molecule has 2 rings (SSSR count). The highest BCUT2D eigenvalue weighted by molar-refractivity contribution is 5.33. The Hall–Kier alpha value is -1.90. The Labute approximate surface area is 82.4 Å². The molecule has 0 bridgehead atoms. The zero-order valence-corrected chi connectivity index (χ0v) is 7.72. The minimum Gasteiger partial charge on any atom is -0.506 e. The van der Waals surface area contributed by atoms with Gasteiger partial charge in [-0.15, -0.1) is 0 Å². The Kier molecular flexibility index (Phi) is 2.14. The maximum Gasteiger partial charge on any atom is 0.138 e. The van der Waals surface area contributed by atoms with Crippen LogP contribution in [0.3, 0.4) is 0 Å². The summed E-state index contributed by atoms with van der Waals surface area (Å²) in [6, 6.07) is 11.5. The number of nitrogens with zero attached hydrogens (tertiary/aromatic N) is 1. The van der Waals surface area contributed by atoms with E-state index in [1.807, 2.05) is 30.3 Å². The minimum absolute atomic E-state index is 0.247. The van der Waals surface area contributed by atoms with Crippen LogP contribution in [-0.2, 0) is 6.42 Å². The molecule has 0 aliphatic rings. The summed E-state index contributed by atoms with van der Waals surface area (Å²) in [5.41, 5.74) is 1.87. The van der Waals surface area contributed by atoms with Gasteiger partial charge in [-0.2, -0.15) is 0 Å². The largest absolute Gasteiger partial charge is 0.506 e. The molecule has 0 amide bonds. The molecule has 2 aromatic rings. The topological polar surface area (TPSA) is 51.2 Å². The number of hydrogen-bond acceptors (Lipinski definition) is 2. The Morgan fingerprint density at radius 3 is 2.43 bits per heavy atom. The molecule has 0 aliphatic heterocycles. The second kappa shape index (κ2) is 3.46. The first kappa shape index (κ1) is 8.69. The van der Waals surface area contributed by atoms with Crippen molar-refractivity contribution >= 4 is 0 Å². The lowest BCUT2D eigenvalue weighted by Gasteiger charge is -2.03. The van der Waals surface area contributed by atoms with Crippen molar-refractivity contribution in [2.75, 3.05) is 5.84 Å². The molecule has 1 heterocycles. The van der Waals surface area contributed by atoms with Crippen LogP contribution >= 0.6 is 0 Å². The number of rotatable bonds is 2. The van der Waals surface area contributed by atoms with Gasteiger partial charge in [-0.25, -0.2) is 0 Å². The maximum atomic E-state index is 9.49. The first-order valence-corrected chi connectivity index (χ1v) is 4.45. The van der Waals surface area contributed by atoms with Crippen LogP contribution in [0.2, 0.25) is 0 Å². The lowest BCUT2D eigenvalue weighted by Crippen LogP contribution is -2.10. The van der Waals surface area contributed by atoms with E-state index in [0.717, 1.165) is 11.3 Å². The highest BCUT2D eigenvalue weighted by Crippen LogP contribution is 2.19. The summed E-state index contributed by atoms with van der Waals surface area (Å²) in [5.74, 6) is 5.89. The van der Waals surface area contributed by atoms with E-state index in [1.165, 1.54) is 4.68 Å². The fourth-order valence-corrected chi connectivity index (χ4v) is 1.44. The normalized spacial score (nSPS) is 10.3. The van der Waals surface area contributed by atoms with Crippen LogP contribution in [0.25, 0.3) is 0 Å². The predicted octanol–water partition coefficient (Wildman–Crippen LogP) is 1.50. The summed E-state index contributed by atoms with van der Waals surface area (Å²) >= 11 is 0. The standard InChI is InChI=1S/C11H12N2O/c12-13-7-6-11(14)10(13)8-9-4-2-1-3-5-9/h1-7,14H,8,12H2. The first-order valence-electron chi connectivity index (χ1n) is 4.45. The highest BCUT2D eigenvalue weighted by atomic mass is 16.3. The van der Waals surface area contributed by atoms with Crippen LogP contribution in [0.4, 0.5) is 0 Å². The molecule has 0 spiro atoms. The summed E-state index contributed by atoms with van der Waals surface area (Å²) in [5, 5.41) is 9.49. The summed E-state index contributed by atoms with van der Waals surface area (Å²) < 4.78 is 1.45. The molecule has 3 heteroatoms. The fraction of sp³-hybridized carbons (Fsp3) is 0.0909. The number of aromatic hydroxyl groups is 1. The molecule has 0 unspecified atom stereocenters. The van der Waals surface area contributed by atoms with E-state index in [4.69, 9.17) is 5.84 Å². The van der Waals surface area contributed by atoms with Gasteiger partial charge in [0.25, 0.3) is 0 Å². The molecule has 1 aromatic carbocycles. The van der Waals surface area contributed by atoms with Crippen molar-refractivity contribution in [1.29, 1.82) is 0 Å². The summed E-state index contributed by atoms with van der Waals surface area (Å²) in [6.07, 6.45) is 2.30. The minimum atomic E-state index is 0.247. The van der Waals surface area contributed by atoms with Gasteiger partial charge in [0, 0.05) is 18.7 Å². The van der Waals surface area contributed by atoms with Crippen LogP contribution in [0.15, 0.2) is 42.6 Å². The molecule has 0 saturated heterocycles. The van der Waals surface area contributed by atoms with Crippen LogP contribution in [0.5, 0.6) is 5.75 Å². The van der Waals surface area contributed by atoms with E-state index >= 15 is 0 Å². The molecule has 0 saturated carbocycles. The van der Waals surface area contributed by atoms with Crippen molar-refractivity contribution in [2.24, 2.45) is 0 Å². The SMILES string of the molecule is Nn1ccc(O)c1Cc1ccccc1. The summed E-state index contributed by atoms with van der Waals surface area (Å²) in [6.45, 7) is 0. The van der Waals surface area contributed by atoms with E-state index in [1.54, 1.807) is 12.3 Å². The van der Waals surface area contributed by atoms with Crippen LogP contribution in [0.1, 0.15) is 11.3 Å². The molecular formula is C11H12N2O. The number of nitrogens with two attached hydrogens (primary N) is 1. The average molecular weight is 188 g/mol. The van der Waals surface area contributed by atoms with Crippen molar-refractivity contribution in [2.45, 2.75) is 6.42 Å². The van der Waals surface area contributed by atoms with Crippen molar-refractivity contribution in [3.63, 3.8) is 0 Å². The van der Waals surface area contributed by atoms with Gasteiger partial charge >= 0.3 is 0 Å². The molecule has 0 radical (unpaired) electrons. The van der Waals surface area contributed by atoms with Gasteiger partial charge in [-0.1, -0.05) is 30.3 Å². The van der Waals surface area contributed by atoms with Crippen LogP contribution < -0.4 is 5.84 Å². The zero-order valence-electron chi connectivity index (χ0n) is 7.72. The van der Waals surface area contributed by atoms with Crippen molar-refractivity contribution in [1.82, 2.24) is 4.68 Å². The molecule has 0 fully saturated rings. The van der Waals surface area contributed by atoms with E-state index in [2.05, 4.69) is 0 Å². The van der Waals surface area contributed by atoms with Crippen molar-refractivity contribution < 1.29 is 5.11 Å². The smallest absolute Gasteiger partial charge is 0.138 e. The van der Waals surface area contributed by atoms with Gasteiger partial charge in [0.2, 0.25) is 0 Å².